The zero-order chi connectivity index (χ0) is 14.7. The van der Waals surface area contributed by atoms with Crippen molar-refractivity contribution in [3.63, 3.8) is 0 Å². The lowest BCUT2D eigenvalue weighted by molar-refractivity contribution is 0.384. The molecule has 2 heterocycles. The van der Waals surface area contributed by atoms with Crippen molar-refractivity contribution in [1.82, 2.24) is 9.97 Å². The summed E-state index contributed by atoms with van der Waals surface area (Å²) in [6.07, 6.45) is 3.85. The largest absolute Gasteiger partial charge is 0.496 e. The SMILES string of the molecule is COc1cccc(OC)c1C(c1ccc[nH]1)c1ccc[nH]1. The van der Waals surface area contributed by atoms with Crippen LogP contribution in [0.1, 0.15) is 22.9 Å². The van der Waals surface area contributed by atoms with Crippen molar-refractivity contribution in [2.75, 3.05) is 14.2 Å². The number of nitrogens with one attached hydrogen (secondary N) is 2. The molecule has 3 aromatic rings. The van der Waals surface area contributed by atoms with Crippen molar-refractivity contribution in [3.8, 4) is 11.5 Å². The molecule has 21 heavy (non-hydrogen) atoms. The van der Waals surface area contributed by atoms with E-state index in [0.717, 1.165) is 28.5 Å². The second-order valence-electron chi connectivity index (χ2n) is 4.76. The maximum absolute atomic E-state index is 5.56. The van der Waals surface area contributed by atoms with Gasteiger partial charge in [0.1, 0.15) is 11.5 Å². The minimum atomic E-state index is 0.00102. The minimum absolute atomic E-state index is 0.00102. The highest BCUT2D eigenvalue weighted by Crippen LogP contribution is 2.41. The normalized spacial score (nSPS) is 10.8. The second-order valence-corrected chi connectivity index (χ2v) is 4.76. The average molecular weight is 282 g/mol. The van der Waals surface area contributed by atoms with E-state index in [1.807, 2.05) is 42.7 Å². The fourth-order valence-corrected chi connectivity index (χ4v) is 2.69. The number of H-pyrrole nitrogens is 2. The van der Waals surface area contributed by atoms with E-state index >= 15 is 0 Å². The summed E-state index contributed by atoms with van der Waals surface area (Å²) in [6.45, 7) is 0. The Labute approximate surface area is 123 Å². The van der Waals surface area contributed by atoms with E-state index in [2.05, 4.69) is 22.1 Å². The predicted octanol–water partition coefficient (Wildman–Crippen LogP) is 3.54. The highest BCUT2D eigenvalue weighted by atomic mass is 16.5. The van der Waals surface area contributed by atoms with Crippen molar-refractivity contribution in [2.24, 2.45) is 0 Å². The van der Waals surface area contributed by atoms with Crippen LogP contribution in [-0.2, 0) is 0 Å². The van der Waals surface area contributed by atoms with E-state index in [1.54, 1.807) is 14.2 Å². The Hall–Kier alpha value is -2.62. The fraction of sp³-hybridized carbons (Fsp3) is 0.176. The average Bonchev–Trinajstić information content (AvgIpc) is 3.21. The molecule has 0 bridgehead atoms. The highest BCUT2D eigenvalue weighted by molar-refractivity contribution is 5.53. The number of aromatic amines is 2. The molecule has 0 amide bonds. The third-order valence-electron chi connectivity index (χ3n) is 3.62. The molecule has 0 aliphatic rings. The Balaban J connectivity index is 2.22. The van der Waals surface area contributed by atoms with Crippen LogP contribution in [0.3, 0.4) is 0 Å². The Morgan fingerprint density at radius 1 is 0.762 bits per heavy atom. The van der Waals surface area contributed by atoms with Crippen molar-refractivity contribution < 1.29 is 9.47 Å². The molecule has 2 aromatic heterocycles. The van der Waals surface area contributed by atoms with E-state index in [1.165, 1.54) is 0 Å². The molecule has 4 nitrogen and oxygen atoms in total. The van der Waals surface area contributed by atoms with Gasteiger partial charge in [0.2, 0.25) is 0 Å². The lowest BCUT2D eigenvalue weighted by atomic mass is 9.91. The molecule has 0 fully saturated rings. The van der Waals surface area contributed by atoms with Gasteiger partial charge < -0.3 is 19.4 Å². The number of aromatic nitrogens is 2. The first kappa shape index (κ1) is 13.4. The molecular formula is C17H18N2O2. The van der Waals surface area contributed by atoms with Crippen LogP contribution in [0.15, 0.2) is 54.9 Å². The summed E-state index contributed by atoms with van der Waals surface area (Å²) in [4.78, 5) is 6.59. The van der Waals surface area contributed by atoms with Crippen LogP contribution < -0.4 is 9.47 Å². The number of benzene rings is 1. The molecule has 3 rings (SSSR count). The summed E-state index contributed by atoms with van der Waals surface area (Å²) in [6, 6.07) is 14.0. The molecule has 4 heteroatoms. The molecule has 0 saturated heterocycles. The number of hydrogen-bond acceptors (Lipinski definition) is 2. The topological polar surface area (TPSA) is 50.0 Å². The van der Waals surface area contributed by atoms with E-state index in [0.29, 0.717) is 0 Å². The third-order valence-corrected chi connectivity index (χ3v) is 3.62. The molecule has 0 radical (unpaired) electrons. The maximum atomic E-state index is 5.56. The van der Waals surface area contributed by atoms with Crippen LogP contribution in [0.25, 0.3) is 0 Å². The van der Waals surface area contributed by atoms with Crippen molar-refractivity contribution in [3.05, 3.63) is 71.8 Å². The lowest BCUT2D eigenvalue weighted by Gasteiger charge is -2.21. The highest BCUT2D eigenvalue weighted by Gasteiger charge is 2.25. The van der Waals surface area contributed by atoms with Gasteiger partial charge in [-0.2, -0.15) is 0 Å². The van der Waals surface area contributed by atoms with Crippen molar-refractivity contribution in [2.45, 2.75) is 5.92 Å². The first-order valence-corrected chi connectivity index (χ1v) is 6.82. The van der Waals surface area contributed by atoms with Crippen LogP contribution in [0, 0.1) is 0 Å². The van der Waals surface area contributed by atoms with Gasteiger partial charge >= 0.3 is 0 Å². The van der Waals surface area contributed by atoms with E-state index in [9.17, 15) is 0 Å². The van der Waals surface area contributed by atoms with E-state index in [-0.39, 0.29) is 5.92 Å². The Morgan fingerprint density at radius 3 is 1.67 bits per heavy atom. The first-order chi connectivity index (χ1) is 10.3. The summed E-state index contributed by atoms with van der Waals surface area (Å²) >= 11 is 0. The molecule has 0 spiro atoms. The number of hydrogen-bond donors (Lipinski definition) is 2. The second kappa shape index (κ2) is 5.79. The van der Waals surface area contributed by atoms with Crippen LogP contribution in [-0.4, -0.2) is 24.2 Å². The molecule has 2 N–H and O–H groups in total. The first-order valence-electron chi connectivity index (χ1n) is 6.82. The van der Waals surface area contributed by atoms with Crippen LogP contribution in [0.5, 0.6) is 11.5 Å². The molecule has 1 aromatic carbocycles. The maximum Gasteiger partial charge on any atom is 0.126 e. The number of methoxy groups -OCH3 is 2. The molecule has 0 aliphatic carbocycles. The zero-order valence-corrected chi connectivity index (χ0v) is 12.1. The lowest BCUT2D eigenvalue weighted by Crippen LogP contribution is -2.08. The fourth-order valence-electron chi connectivity index (χ4n) is 2.69. The predicted molar refractivity (Wildman–Crippen MR) is 82.1 cm³/mol. The van der Waals surface area contributed by atoms with Crippen LogP contribution in [0.4, 0.5) is 0 Å². The Kier molecular flexibility index (Phi) is 3.69. The molecular weight excluding hydrogens is 264 g/mol. The van der Waals surface area contributed by atoms with Gasteiger partial charge in [-0.05, 0) is 36.4 Å². The van der Waals surface area contributed by atoms with Gasteiger partial charge in [0.05, 0.1) is 25.7 Å². The van der Waals surface area contributed by atoms with Gasteiger partial charge in [0.25, 0.3) is 0 Å². The zero-order valence-electron chi connectivity index (χ0n) is 12.1. The monoisotopic (exact) mass is 282 g/mol. The molecule has 0 saturated carbocycles. The summed E-state index contributed by atoms with van der Waals surface area (Å²) < 4.78 is 11.1. The number of rotatable bonds is 5. The van der Waals surface area contributed by atoms with Gasteiger partial charge in [-0.15, -0.1) is 0 Å². The molecule has 108 valence electrons. The standard InChI is InChI=1S/C17H18N2O2/c1-20-14-8-3-9-15(21-2)17(14)16(12-6-4-10-18-12)13-7-5-11-19-13/h3-11,16,18-19H,1-2H3. The van der Waals surface area contributed by atoms with Gasteiger partial charge in [0, 0.05) is 23.8 Å². The Bertz CT molecular complexity index is 631. The summed E-state index contributed by atoms with van der Waals surface area (Å²) in [5.41, 5.74) is 3.17. The van der Waals surface area contributed by atoms with Gasteiger partial charge in [-0.25, -0.2) is 0 Å². The van der Waals surface area contributed by atoms with Gasteiger partial charge in [0.15, 0.2) is 0 Å². The smallest absolute Gasteiger partial charge is 0.126 e. The molecule has 0 aliphatic heterocycles. The van der Waals surface area contributed by atoms with E-state index in [4.69, 9.17) is 9.47 Å². The van der Waals surface area contributed by atoms with Gasteiger partial charge in [-0.3, -0.25) is 0 Å². The van der Waals surface area contributed by atoms with Crippen molar-refractivity contribution >= 4 is 0 Å². The minimum Gasteiger partial charge on any atom is -0.496 e. The van der Waals surface area contributed by atoms with E-state index < -0.39 is 0 Å². The van der Waals surface area contributed by atoms with Crippen LogP contribution >= 0.6 is 0 Å². The number of ether oxygens (including phenoxy) is 2. The van der Waals surface area contributed by atoms with Crippen LogP contribution in [0.2, 0.25) is 0 Å². The third kappa shape index (κ3) is 2.40. The van der Waals surface area contributed by atoms with Gasteiger partial charge in [-0.1, -0.05) is 6.07 Å². The molecule has 0 atom stereocenters. The quantitative estimate of drug-likeness (QED) is 0.752. The molecule has 0 unspecified atom stereocenters. The summed E-state index contributed by atoms with van der Waals surface area (Å²) in [5.74, 6) is 1.62. The van der Waals surface area contributed by atoms with Crippen molar-refractivity contribution in [1.29, 1.82) is 0 Å². The Morgan fingerprint density at radius 2 is 1.29 bits per heavy atom. The summed E-state index contributed by atoms with van der Waals surface area (Å²) in [5, 5.41) is 0. The summed E-state index contributed by atoms with van der Waals surface area (Å²) in [7, 11) is 3.36.